The molecule has 0 spiro atoms. The van der Waals surface area contributed by atoms with E-state index in [9.17, 15) is 4.79 Å². The number of carboxylic acids is 1. The first-order chi connectivity index (χ1) is 7.65. The van der Waals surface area contributed by atoms with Crippen LogP contribution >= 0.6 is 11.3 Å². The van der Waals surface area contributed by atoms with Gasteiger partial charge in [-0.25, -0.2) is 14.8 Å². The van der Waals surface area contributed by atoms with Crippen molar-refractivity contribution < 1.29 is 9.90 Å². The molecule has 0 unspecified atom stereocenters. The Kier molecular flexibility index (Phi) is 2.82. The second-order valence-corrected chi connectivity index (χ2v) is 4.05. The molecule has 2 N–H and O–H groups in total. The number of thiazole rings is 1. The molecule has 16 heavy (non-hydrogen) atoms. The highest BCUT2D eigenvalue weighted by molar-refractivity contribution is 7.17. The van der Waals surface area contributed by atoms with E-state index >= 15 is 0 Å². The molecule has 2 heterocycles. The van der Waals surface area contributed by atoms with Crippen molar-refractivity contribution in [1.82, 2.24) is 19.7 Å². The van der Waals surface area contributed by atoms with Crippen LogP contribution in [0.4, 0.5) is 5.13 Å². The van der Waals surface area contributed by atoms with Gasteiger partial charge in [0, 0.05) is 7.05 Å². The summed E-state index contributed by atoms with van der Waals surface area (Å²) in [5.74, 6) is -0.337. The number of carbonyl (C=O) groups is 1. The number of nitrogens with one attached hydrogen (secondary N) is 1. The van der Waals surface area contributed by atoms with E-state index in [1.165, 1.54) is 6.20 Å². The minimum Gasteiger partial charge on any atom is -0.477 e. The van der Waals surface area contributed by atoms with Crippen molar-refractivity contribution in [2.45, 2.75) is 6.54 Å². The molecule has 0 fully saturated rings. The van der Waals surface area contributed by atoms with E-state index in [4.69, 9.17) is 5.11 Å². The number of hydrogen-bond acceptors (Lipinski definition) is 6. The normalized spacial score (nSPS) is 10.3. The maximum Gasteiger partial charge on any atom is 0.347 e. The Morgan fingerprint density at radius 1 is 1.62 bits per heavy atom. The summed E-state index contributed by atoms with van der Waals surface area (Å²) in [6, 6.07) is 0. The van der Waals surface area contributed by atoms with Crippen molar-refractivity contribution in [3.63, 3.8) is 0 Å². The molecule has 0 saturated carbocycles. The molecule has 0 radical (unpaired) electrons. The van der Waals surface area contributed by atoms with Gasteiger partial charge in [0.2, 0.25) is 0 Å². The summed E-state index contributed by atoms with van der Waals surface area (Å²) in [4.78, 5) is 18.8. The van der Waals surface area contributed by atoms with Crippen LogP contribution in [0.15, 0.2) is 12.5 Å². The van der Waals surface area contributed by atoms with Gasteiger partial charge in [-0.15, -0.1) is 0 Å². The largest absolute Gasteiger partial charge is 0.477 e. The highest BCUT2D eigenvalue weighted by Crippen LogP contribution is 2.17. The van der Waals surface area contributed by atoms with E-state index in [0.29, 0.717) is 17.5 Å². The highest BCUT2D eigenvalue weighted by Gasteiger charge is 2.08. The molecular weight excluding hydrogens is 230 g/mol. The molecule has 8 heteroatoms. The number of aromatic nitrogens is 4. The standard InChI is InChI=1S/C8H9N5O2S/c1-13-4-11-6(12-13)3-10-8-9-2-5(16-8)7(14)15/h2,4H,3H2,1H3,(H,9,10)(H,14,15). The quantitative estimate of drug-likeness (QED) is 0.810. The van der Waals surface area contributed by atoms with Crippen LogP contribution in [-0.2, 0) is 13.6 Å². The van der Waals surface area contributed by atoms with Crippen LogP contribution < -0.4 is 5.32 Å². The molecule has 0 aliphatic rings. The predicted octanol–water partition coefficient (Wildman–Crippen LogP) is 0.582. The fraction of sp³-hybridized carbons (Fsp3) is 0.250. The van der Waals surface area contributed by atoms with Crippen molar-refractivity contribution in [2.75, 3.05) is 5.32 Å². The molecule has 0 bridgehead atoms. The number of anilines is 1. The van der Waals surface area contributed by atoms with E-state index in [2.05, 4.69) is 20.4 Å². The summed E-state index contributed by atoms with van der Waals surface area (Å²) >= 11 is 1.08. The minimum atomic E-state index is -0.971. The molecule has 84 valence electrons. The Balaban J connectivity index is 1.97. The van der Waals surface area contributed by atoms with Gasteiger partial charge in [0.1, 0.15) is 11.2 Å². The Morgan fingerprint density at radius 2 is 2.44 bits per heavy atom. The van der Waals surface area contributed by atoms with Gasteiger partial charge in [0.05, 0.1) is 12.7 Å². The monoisotopic (exact) mass is 239 g/mol. The van der Waals surface area contributed by atoms with Gasteiger partial charge in [0.25, 0.3) is 0 Å². The lowest BCUT2D eigenvalue weighted by Gasteiger charge is -1.96. The van der Waals surface area contributed by atoms with Gasteiger partial charge in [-0.2, -0.15) is 5.10 Å². The summed E-state index contributed by atoms with van der Waals surface area (Å²) in [7, 11) is 1.78. The zero-order chi connectivity index (χ0) is 11.5. The van der Waals surface area contributed by atoms with E-state index in [0.717, 1.165) is 11.3 Å². The summed E-state index contributed by atoms with van der Waals surface area (Å²) in [5, 5.41) is 16.3. The van der Waals surface area contributed by atoms with Crippen LogP contribution in [0.2, 0.25) is 0 Å². The topological polar surface area (TPSA) is 92.9 Å². The van der Waals surface area contributed by atoms with Crippen molar-refractivity contribution in [1.29, 1.82) is 0 Å². The molecule has 0 aliphatic carbocycles. The number of rotatable bonds is 4. The summed E-state index contributed by atoms with van der Waals surface area (Å²) < 4.78 is 1.60. The molecule has 0 saturated heterocycles. The van der Waals surface area contributed by atoms with Crippen LogP contribution in [0.5, 0.6) is 0 Å². The number of hydrogen-bond donors (Lipinski definition) is 2. The number of aryl methyl sites for hydroxylation is 1. The highest BCUT2D eigenvalue weighted by atomic mass is 32.1. The van der Waals surface area contributed by atoms with Crippen LogP contribution in [0.3, 0.4) is 0 Å². The molecule has 0 atom stereocenters. The third-order valence-electron chi connectivity index (χ3n) is 1.76. The minimum absolute atomic E-state index is 0.205. The van der Waals surface area contributed by atoms with Crippen LogP contribution in [0, 0.1) is 0 Å². The van der Waals surface area contributed by atoms with Crippen LogP contribution in [-0.4, -0.2) is 30.8 Å². The zero-order valence-corrected chi connectivity index (χ0v) is 9.23. The molecule has 0 amide bonds. The lowest BCUT2D eigenvalue weighted by atomic mass is 10.6. The Labute approximate surface area is 94.8 Å². The summed E-state index contributed by atoms with van der Waals surface area (Å²) in [5.41, 5.74) is 0. The van der Waals surface area contributed by atoms with E-state index in [1.807, 2.05) is 0 Å². The zero-order valence-electron chi connectivity index (χ0n) is 8.41. The van der Waals surface area contributed by atoms with E-state index in [1.54, 1.807) is 18.1 Å². The first-order valence-electron chi connectivity index (χ1n) is 4.42. The molecule has 7 nitrogen and oxygen atoms in total. The number of nitrogens with zero attached hydrogens (tertiary/aromatic N) is 4. The Morgan fingerprint density at radius 3 is 3.00 bits per heavy atom. The summed E-state index contributed by atoms with van der Waals surface area (Å²) in [6.07, 6.45) is 2.92. The molecule has 0 aromatic carbocycles. The fourth-order valence-corrected chi connectivity index (χ4v) is 1.73. The third-order valence-corrected chi connectivity index (χ3v) is 2.70. The van der Waals surface area contributed by atoms with Gasteiger partial charge in [-0.05, 0) is 0 Å². The van der Waals surface area contributed by atoms with Gasteiger partial charge in [0.15, 0.2) is 11.0 Å². The van der Waals surface area contributed by atoms with E-state index < -0.39 is 5.97 Å². The first-order valence-corrected chi connectivity index (χ1v) is 5.24. The molecular formula is C8H9N5O2S. The van der Waals surface area contributed by atoms with Gasteiger partial charge in [-0.1, -0.05) is 11.3 Å². The maximum absolute atomic E-state index is 10.6. The van der Waals surface area contributed by atoms with Gasteiger partial charge < -0.3 is 10.4 Å². The SMILES string of the molecule is Cn1cnc(CNc2ncc(C(=O)O)s2)n1. The van der Waals surface area contributed by atoms with Crippen molar-refractivity contribution >= 4 is 22.4 Å². The lowest BCUT2D eigenvalue weighted by Crippen LogP contribution is -2.01. The fourth-order valence-electron chi connectivity index (χ4n) is 1.07. The summed E-state index contributed by atoms with van der Waals surface area (Å²) in [6.45, 7) is 0.424. The third kappa shape index (κ3) is 2.34. The number of carboxylic acid groups (broad SMARTS) is 1. The van der Waals surface area contributed by atoms with Gasteiger partial charge >= 0.3 is 5.97 Å². The average molecular weight is 239 g/mol. The Hall–Kier alpha value is -1.96. The molecule has 2 aromatic heterocycles. The van der Waals surface area contributed by atoms with E-state index in [-0.39, 0.29) is 4.88 Å². The molecule has 2 rings (SSSR count). The number of aromatic carboxylic acids is 1. The second kappa shape index (κ2) is 4.27. The van der Waals surface area contributed by atoms with Crippen molar-refractivity contribution in [3.8, 4) is 0 Å². The molecule has 2 aromatic rings. The maximum atomic E-state index is 10.6. The lowest BCUT2D eigenvalue weighted by molar-refractivity contribution is 0.0702. The first kappa shape index (κ1) is 10.6. The predicted molar refractivity (Wildman–Crippen MR) is 57.4 cm³/mol. The molecule has 0 aliphatic heterocycles. The van der Waals surface area contributed by atoms with Crippen molar-refractivity contribution in [2.24, 2.45) is 7.05 Å². The van der Waals surface area contributed by atoms with Crippen LogP contribution in [0.25, 0.3) is 0 Å². The van der Waals surface area contributed by atoms with Crippen LogP contribution in [0.1, 0.15) is 15.5 Å². The average Bonchev–Trinajstić information content (AvgIpc) is 2.83. The Bertz CT molecular complexity index is 506. The van der Waals surface area contributed by atoms with Crippen molar-refractivity contribution in [3.05, 3.63) is 23.2 Å². The smallest absolute Gasteiger partial charge is 0.347 e. The van der Waals surface area contributed by atoms with Gasteiger partial charge in [-0.3, -0.25) is 4.68 Å². The second-order valence-electron chi connectivity index (χ2n) is 3.02.